The van der Waals surface area contributed by atoms with Crippen molar-refractivity contribution < 1.29 is 5.11 Å². The van der Waals surface area contributed by atoms with E-state index in [1.807, 2.05) is 19.9 Å². The van der Waals surface area contributed by atoms with E-state index in [1.54, 1.807) is 19.1 Å². The molecule has 5 nitrogen and oxygen atoms in total. The van der Waals surface area contributed by atoms with Crippen LogP contribution < -0.4 is 11.2 Å². The summed E-state index contributed by atoms with van der Waals surface area (Å²) in [5.41, 5.74) is 1.51. The zero-order valence-electron chi connectivity index (χ0n) is 11.2. The third-order valence-electron chi connectivity index (χ3n) is 3.35. The average molecular weight is 260 g/mol. The fourth-order valence-corrected chi connectivity index (χ4v) is 2.08. The molecule has 5 heteroatoms. The summed E-state index contributed by atoms with van der Waals surface area (Å²) in [5, 5.41) is 10.2. The first-order chi connectivity index (χ1) is 8.97. The molecule has 2 aromatic rings. The molecule has 19 heavy (non-hydrogen) atoms. The number of nitrogens with one attached hydrogen (secondary N) is 1. The standard InChI is InChI=1S/C14H16N2O3/c1-4-10-12(17)15-14(19)16(13(10)18)11-7-5-6-8(2)9(11)3/h5-7,18H,4H2,1-3H3,(H,15,17,19). The van der Waals surface area contributed by atoms with Gasteiger partial charge in [0.1, 0.15) is 0 Å². The molecule has 0 bridgehead atoms. The molecule has 1 aromatic heterocycles. The van der Waals surface area contributed by atoms with E-state index in [9.17, 15) is 14.7 Å². The number of aromatic hydroxyl groups is 1. The summed E-state index contributed by atoms with van der Waals surface area (Å²) < 4.78 is 1.14. The van der Waals surface area contributed by atoms with E-state index in [4.69, 9.17) is 0 Å². The van der Waals surface area contributed by atoms with Gasteiger partial charge in [-0.15, -0.1) is 0 Å². The zero-order chi connectivity index (χ0) is 14.2. The third kappa shape index (κ3) is 2.07. The molecular formula is C14H16N2O3. The van der Waals surface area contributed by atoms with Crippen molar-refractivity contribution in [3.05, 3.63) is 55.7 Å². The fourth-order valence-electron chi connectivity index (χ4n) is 2.08. The smallest absolute Gasteiger partial charge is 0.335 e. The van der Waals surface area contributed by atoms with Gasteiger partial charge in [0.25, 0.3) is 5.56 Å². The highest BCUT2D eigenvalue weighted by Gasteiger charge is 2.15. The number of aromatic amines is 1. The summed E-state index contributed by atoms with van der Waals surface area (Å²) >= 11 is 0. The second-order valence-corrected chi connectivity index (χ2v) is 4.47. The van der Waals surface area contributed by atoms with Crippen molar-refractivity contribution in [2.75, 3.05) is 0 Å². The molecule has 0 saturated heterocycles. The van der Waals surface area contributed by atoms with E-state index in [-0.39, 0.29) is 11.4 Å². The van der Waals surface area contributed by atoms with Crippen LogP contribution in [-0.2, 0) is 6.42 Å². The van der Waals surface area contributed by atoms with Crippen LogP contribution in [0.2, 0.25) is 0 Å². The van der Waals surface area contributed by atoms with Crippen LogP contribution in [0.5, 0.6) is 5.88 Å². The van der Waals surface area contributed by atoms with Crippen LogP contribution >= 0.6 is 0 Å². The normalized spacial score (nSPS) is 10.7. The van der Waals surface area contributed by atoms with Crippen molar-refractivity contribution in [1.29, 1.82) is 0 Å². The Balaban J connectivity index is 2.87. The van der Waals surface area contributed by atoms with Gasteiger partial charge in [-0.1, -0.05) is 19.1 Å². The van der Waals surface area contributed by atoms with Crippen molar-refractivity contribution in [1.82, 2.24) is 9.55 Å². The molecule has 0 saturated carbocycles. The summed E-state index contributed by atoms with van der Waals surface area (Å²) in [6, 6.07) is 5.47. The molecule has 0 amide bonds. The minimum Gasteiger partial charge on any atom is -0.494 e. The monoisotopic (exact) mass is 260 g/mol. The van der Waals surface area contributed by atoms with E-state index >= 15 is 0 Å². The minimum atomic E-state index is -0.631. The lowest BCUT2D eigenvalue weighted by Gasteiger charge is -2.14. The van der Waals surface area contributed by atoms with E-state index < -0.39 is 11.2 Å². The highest BCUT2D eigenvalue weighted by Crippen LogP contribution is 2.21. The average Bonchev–Trinajstić information content (AvgIpc) is 2.34. The molecule has 0 aliphatic rings. The Bertz CT molecular complexity index is 741. The highest BCUT2D eigenvalue weighted by molar-refractivity contribution is 5.47. The van der Waals surface area contributed by atoms with Crippen molar-refractivity contribution >= 4 is 0 Å². The molecule has 0 unspecified atom stereocenters. The lowest BCUT2D eigenvalue weighted by atomic mass is 10.1. The molecule has 100 valence electrons. The maximum atomic E-state index is 11.9. The molecule has 1 heterocycles. The lowest BCUT2D eigenvalue weighted by molar-refractivity contribution is 0.423. The van der Waals surface area contributed by atoms with Crippen molar-refractivity contribution in [2.45, 2.75) is 27.2 Å². The molecule has 0 atom stereocenters. The number of nitrogens with zero attached hydrogens (tertiary/aromatic N) is 1. The number of aromatic nitrogens is 2. The van der Waals surface area contributed by atoms with Gasteiger partial charge in [0.05, 0.1) is 11.3 Å². The highest BCUT2D eigenvalue weighted by atomic mass is 16.3. The summed E-state index contributed by atoms with van der Waals surface area (Å²) in [6.07, 6.45) is 0.353. The second kappa shape index (κ2) is 4.76. The molecular weight excluding hydrogens is 244 g/mol. The first kappa shape index (κ1) is 13.1. The van der Waals surface area contributed by atoms with Crippen molar-refractivity contribution in [3.63, 3.8) is 0 Å². The number of aryl methyl sites for hydroxylation is 1. The lowest BCUT2D eigenvalue weighted by Crippen LogP contribution is -2.31. The number of benzene rings is 1. The molecule has 0 fully saturated rings. The van der Waals surface area contributed by atoms with E-state index in [2.05, 4.69) is 4.98 Å². The van der Waals surface area contributed by atoms with Gasteiger partial charge in [-0.2, -0.15) is 0 Å². The van der Waals surface area contributed by atoms with Gasteiger partial charge in [-0.25, -0.2) is 9.36 Å². The van der Waals surface area contributed by atoms with Crippen LogP contribution in [0.15, 0.2) is 27.8 Å². The molecule has 0 spiro atoms. The van der Waals surface area contributed by atoms with Gasteiger partial charge in [0.2, 0.25) is 5.88 Å². The molecule has 0 aliphatic carbocycles. The van der Waals surface area contributed by atoms with Gasteiger partial charge < -0.3 is 5.11 Å². The van der Waals surface area contributed by atoms with Crippen LogP contribution in [0, 0.1) is 13.8 Å². The molecule has 2 N–H and O–H groups in total. The summed E-state index contributed by atoms with van der Waals surface area (Å²) in [6.45, 7) is 5.54. The van der Waals surface area contributed by atoms with Gasteiger partial charge in [-0.05, 0) is 37.5 Å². The zero-order valence-corrected chi connectivity index (χ0v) is 11.2. The van der Waals surface area contributed by atoms with Crippen LogP contribution in [0.3, 0.4) is 0 Å². The maximum absolute atomic E-state index is 11.9. The maximum Gasteiger partial charge on any atom is 0.335 e. The molecule has 1 aromatic carbocycles. The van der Waals surface area contributed by atoms with E-state index in [0.29, 0.717) is 12.1 Å². The number of H-pyrrole nitrogens is 1. The second-order valence-electron chi connectivity index (χ2n) is 4.47. The number of hydrogen-bond donors (Lipinski definition) is 2. The Morgan fingerprint density at radius 2 is 1.95 bits per heavy atom. The summed E-state index contributed by atoms with van der Waals surface area (Å²) in [4.78, 5) is 25.8. The quantitative estimate of drug-likeness (QED) is 0.857. The molecule has 0 radical (unpaired) electrons. The van der Waals surface area contributed by atoms with Crippen molar-refractivity contribution in [3.8, 4) is 11.6 Å². The number of hydrogen-bond acceptors (Lipinski definition) is 3. The Labute approximate surface area is 110 Å². The SMILES string of the molecule is CCc1c(O)n(-c2cccc(C)c2C)c(=O)[nH]c1=O. The number of rotatable bonds is 2. The Morgan fingerprint density at radius 1 is 1.26 bits per heavy atom. The van der Waals surface area contributed by atoms with Crippen LogP contribution in [-0.4, -0.2) is 14.7 Å². The Kier molecular flexibility index (Phi) is 3.29. The predicted molar refractivity (Wildman–Crippen MR) is 73.2 cm³/mol. The summed E-state index contributed by atoms with van der Waals surface area (Å²) in [7, 11) is 0. The topological polar surface area (TPSA) is 75.1 Å². The van der Waals surface area contributed by atoms with Gasteiger partial charge in [0, 0.05) is 0 Å². The molecule has 2 rings (SSSR count). The van der Waals surface area contributed by atoms with Crippen LogP contribution in [0.1, 0.15) is 23.6 Å². The third-order valence-corrected chi connectivity index (χ3v) is 3.35. The largest absolute Gasteiger partial charge is 0.494 e. The summed E-state index contributed by atoms with van der Waals surface area (Å²) in [5.74, 6) is -0.287. The van der Waals surface area contributed by atoms with Crippen LogP contribution in [0.4, 0.5) is 0 Å². The van der Waals surface area contributed by atoms with E-state index in [1.165, 1.54) is 0 Å². The van der Waals surface area contributed by atoms with Crippen LogP contribution in [0.25, 0.3) is 5.69 Å². The van der Waals surface area contributed by atoms with Gasteiger partial charge in [0.15, 0.2) is 0 Å². The van der Waals surface area contributed by atoms with Crippen molar-refractivity contribution in [2.24, 2.45) is 0 Å². The first-order valence-corrected chi connectivity index (χ1v) is 6.11. The fraction of sp³-hybridized carbons (Fsp3) is 0.286. The minimum absolute atomic E-state index is 0.209. The van der Waals surface area contributed by atoms with Gasteiger partial charge >= 0.3 is 5.69 Å². The molecule has 0 aliphatic heterocycles. The predicted octanol–water partition coefficient (Wildman–Crippen LogP) is 1.41. The van der Waals surface area contributed by atoms with E-state index in [0.717, 1.165) is 15.7 Å². The Morgan fingerprint density at radius 3 is 2.58 bits per heavy atom. The Hall–Kier alpha value is -2.30. The first-order valence-electron chi connectivity index (χ1n) is 6.11. The van der Waals surface area contributed by atoms with Gasteiger partial charge in [-0.3, -0.25) is 9.78 Å².